The number of aromatic nitrogens is 1. The first-order valence-electron chi connectivity index (χ1n) is 10.3. The molecular weight excluding hydrogens is 427 g/mol. The van der Waals surface area contributed by atoms with E-state index >= 15 is 0 Å². The van der Waals surface area contributed by atoms with Crippen LogP contribution >= 0.6 is 0 Å². The Morgan fingerprint density at radius 3 is 2.47 bits per heavy atom. The van der Waals surface area contributed by atoms with Crippen molar-refractivity contribution in [2.45, 2.75) is 45.3 Å². The second-order valence-electron chi connectivity index (χ2n) is 8.44. The van der Waals surface area contributed by atoms with Crippen molar-refractivity contribution in [1.29, 1.82) is 0 Å². The first-order valence-corrected chi connectivity index (χ1v) is 10.3. The maximum Gasteiger partial charge on any atom is 0.274 e. The standard InChI is InChI=1S/C22H22F3N3O4/c1-10-3-4-11(2)27-9-17(10)28-8-14(19(29)20(30)18(28)22(27)32)21(31)26-7-13-15(24)5-12(23)6-16(13)25/h5-6,8,10-11,17,30H,3-4,7,9H2,1-2H3,(H,26,31)/t10-,11-,17+/m1/s1. The van der Waals surface area contributed by atoms with Gasteiger partial charge < -0.3 is 19.9 Å². The van der Waals surface area contributed by atoms with Crippen LogP contribution < -0.4 is 10.7 Å². The molecule has 170 valence electrons. The van der Waals surface area contributed by atoms with Crippen LogP contribution in [0, 0.1) is 23.4 Å². The van der Waals surface area contributed by atoms with Gasteiger partial charge in [0.25, 0.3) is 11.8 Å². The lowest BCUT2D eigenvalue weighted by molar-refractivity contribution is 0.0591. The molecule has 2 N–H and O–H groups in total. The predicted octanol–water partition coefficient (Wildman–Crippen LogP) is 2.72. The summed E-state index contributed by atoms with van der Waals surface area (Å²) in [6, 6.07) is 0.658. The zero-order chi connectivity index (χ0) is 23.3. The van der Waals surface area contributed by atoms with Gasteiger partial charge in [-0.1, -0.05) is 6.92 Å². The van der Waals surface area contributed by atoms with Crippen LogP contribution in [0.1, 0.15) is 59.1 Å². The summed E-state index contributed by atoms with van der Waals surface area (Å²) < 4.78 is 42.2. The minimum absolute atomic E-state index is 0.0540. The molecule has 1 fully saturated rings. The fourth-order valence-electron chi connectivity index (χ4n) is 4.45. The lowest BCUT2D eigenvalue weighted by Crippen LogP contribution is -2.48. The number of hydrogen-bond acceptors (Lipinski definition) is 4. The Morgan fingerprint density at radius 2 is 1.81 bits per heavy atom. The first-order chi connectivity index (χ1) is 15.1. The van der Waals surface area contributed by atoms with E-state index in [1.807, 2.05) is 13.8 Å². The van der Waals surface area contributed by atoms with Gasteiger partial charge >= 0.3 is 0 Å². The number of nitrogens with one attached hydrogen (secondary N) is 1. The van der Waals surface area contributed by atoms with Gasteiger partial charge in [0.15, 0.2) is 11.4 Å². The summed E-state index contributed by atoms with van der Waals surface area (Å²) in [4.78, 5) is 40.0. The average molecular weight is 449 g/mol. The SMILES string of the molecule is C[C@@H]1CC[C@@H](C)N2C[C@@H]1n1cc(C(=O)NCc3c(F)cc(F)cc3F)c(=O)c(O)c1C2=O. The molecule has 4 rings (SSSR count). The van der Waals surface area contributed by atoms with E-state index in [4.69, 9.17) is 0 Å². The molecular formula is C22H22F3N3O4. The van der Waals surface area contributed by atoms with Crippen LogP contribution in [-0.2, 0) is 6.54 Å². The highest BCUT2D eigenvalue weighted by molar-refractivity contribution is 5.99. The normalized spacial score (nSPS) is 22.3. The van der Waals surface area contributed by atoms with Gasteiger partial charge in [-0.3, -0.25) is 14.4 Å². The summed E-state index contributed by atoms with van der Waals surface area (Å²) in [5.74, 6) is -5.65. The Balaban J connectivity index is 1.70. The van der Waals surface area contributed by atoms with Crippen LogP contribution in [0.15, 0.2) is 23.1 Å². The van der Waals surface area contributed by atoms with Gasteiger partial charge in [-0.25, -0.2) is 13.2 Å². The number of aromatic hydroxyl groups is 1. The van der Waals surface area contributed by atoms with Gasteiger partial charge in [0.1, 0.15) is 23.0 Å². The number of carbonyl (C=O) groups excluding carboxylic acids is 2. The summed E-state index contributed by atoms with van der Waals surface area (Å²) in [7, 11) is 0. The van der Waals surface area contributed by atoms with Crippen molar-refractivity contribution in [3.05, 3.63) is 62.8 Å². The third kappa shape index (κ3) is 3.53. The number of hydrogen-bond donors (Lipinski definition) is 2. The summed E-state index contributed by atoms with van der Waals surface area (Å²) in [5, 5.41) is 12.8. The topological polar surface area (TPSA) is 91.6 Å². The maximum absolute atomic E-state index is 13.8. The predicted molar refractivity (Wildman–Crippen MR) is 108 cm³/mol. The van der Waals surface area contributed by atoms with Crippen LogP contribution in [0.3, 0.4) is 0 Å². The van der Waals surface area contributed by atoms with E-state index in [-0.39, 0.29) is 23.7 Å². The van der Waals surface area contributed by atoms with E-state index in [9.17, 15) is 32.7 Å². The quantitative estimate of drug-likeness (QED) is 0.754. The molecule has 1 saturated heterocycles. The highest BCUT2D eigenvalue weighted by Crippen LogP contribution is 2.37. The number of nitrogens with zero attached hydrogens (tertiary/aromatic N) is 2. The van der Waals surface area contributed by atoms with Crippen LogP contribution in [0.5, 0.6) is 5.75 Å². The van der Waals surface area contributed by atoms with Gasteiger partial charge in [-0.05, 0) is 25.7 Å². The molecule has 0 radical (unpaired) electrons. The fraction of sp³-hybridized carbons (Fsp3) is 0.409. The molecule has 32 heavy (non-hydrogen) atoms. The van der Waals surface area contributed by atoms with Gasteiger partial charge in [0.05, 0.1) is 6.04 Å². The molecule has 0 saturated carbocycles. The van der Waals surface area contributed by atoms with Crippen molar-refractivity contribution in [2.75, 3.05) is 6.54 Å². The molecule has 0 unspecified atom stereocenters. The Hall–Kier alpha value is -3.30. The van der Waals surface area contributed by atoms with Gasteiger partial charge in [-0.15, -0.1) is 0 Å². The van der Waals surface area contributed by atoms with E-state index in [2.05, 4.69) is 5.32 Å². The van der Waals surface area contributed by atoms with E-state index in [0.717, 1.165) is 12.8 Å². The van der Waals surface area contributed by atoms with Crippen LogP contribution in [0.2, 0.25) is 0 Å². The molecule has 2 aliphatic heterocycles. The molecule has 10 heteroatoms. The molecule has 3 heterocycles. The summed E-state index contributed by atoms with van der Waals surface area (Å²) in [5.41, 5.74) is -2.25. The zero-order valence-electron chi connectivity index (χ0n) is 17.5. The summed E-state index contributed by atoms with van der Waals surface area (Å²) in [6.45, 7) is 3.65. The highest BCUT2D eigenvalue weighted by Gasteiger charge is 2.41. The van der Waals surface area contributed by atoms with E-state index in [0.29, 0.717) is 18.7 Å². The Kier molecular flexibility index (Phi) is 5.47. The fourth-order valence-corrected chi connectivity index (χ4v) is 4.45. The molecule has 0 spiro atoms. The Bertz CT molecular complexity index is 1160. The average Bonchev–Trinajstić information content (AvgIpc) is 2.85. The van der Waals surface area contributed by atoms with E-state index in [1.165, 1.54) is 10.8 Å². The third-order valence-corrected chi connectivity index (χ3v) is 6.42. The molecule has 7 nitrogen and oxygen atoms in total. The number of halogens is 3. The van der Waals surface area contributed by atoms with Crippen molar-refractivity contribution in [1.82, 2.24) is 14.8 Å². The lowest BCUT2D eigenvalue weighted by Gasteiger charge is -2.38. The largest absolute Gasteiger partial charge is 0.503 e. The van der Waals surface area contributed by atoms with E-state index < -0.39 is 58.1 Å². The van der Waals surface area contributed by atoms with E-state index in [1.54, 1.807) is 4.90 Å². The number of benzene rings is 1. The second kappa shape index (κ2) is 7.99. The smallest absolute Gasteiger partial charge is 0.274 e. The van der Waals surface area contributed by atoms with Crippen molar-refractivity contribution in [2.24, 2.45) is 5.92 Å². The van der Waals surface area contributed by atoms with Crippen LogP contribution in [0.4, 0.5) is 13.2 Å². The Morgan fingerprint density at radius 1 is 1.16 bits per heavy atom. The molecule has 2 aliphatic rings. The van der Waals surface area contributed by atoms with Crippen molar-refractivity contribution in [3.63, 3.8) is 0 Å². The molecule has 3 atom stereocenters. The first kappa shape index (κ1) is 21.9. The molecule has 2 bridgehead atoms. The minimum Gasteiger partial charge on any atom is -0.503 e. The van der Waals surface area contributed by atoms with Gasteiger partial charge in [-0.2, -0.15) is 0 Å². The number of fused-ring (bicyclic) bond motifs is 4. The van der Waals surface area contributed by atoms with Crippen LogP contribution in [0.25, 0.3) is 0 Å². The van der Waals surface area contributed by atoms with Crippen LogP contribution in [-0.4, -0.2) is 39.0 Å². The Labute approximate surface area is 181 Å². The highest BCUT2D eigenvalue weighted by atomic mass is 19.1. The lowest BCUT2D eigenvalue weighted by atomic mass is 9.95. The van der Waals surface area contributed by atoms with Crippen molar-refractivity contribution < 1.29 is 27.9 Å². The van der Waals surface area contributed by atoms with Crippen molar-refractivity contribution in [3.8, 4) is 5.75 Å². The number of rotatable bonds is 3. The molecule has 1 aromatic heterocycles. The molecule has 1 aromatic carbocycles. The molecule has 0 aliphatic carbocycles. The van der Waals surface area contributed by atoms with Gasteiger partial charge in [0.2, 0.25) is 5.43 Å². The van der Waals surface area contributed by atoms with Gasteiger partial charge in [0, 0.05) is 43.0 Å². The minimum atomic E-state index is -1.18. The zero-order valence-corrected chi connectivity index (χ0v) is 17.5. The molecule has 2 aromatic rings. The van der Waals surface area contributed by atoms with Crippen molar-refractivity contribution >= 4 is 11.8 Å². The number of carbonyl (C=O) groups is 2. The molecule has 2 amide bonds. The summed E-state index contributed by atoms with van der Waals surface area (Å²) in [6.07, 6.45) is 2.80. The monoisotopic (exact) mass is 449 g/mol. The summed E-state index contributed by atoms with van der Waals surface area (Å²) >= 11 is 0. The third-order valence-electron chi connectivity index (χ3n) is 6.42. The maximum atomic E-state index is 13.8. The number of pyridine rings is 1. The number of amides is 2. The second-order valence-corrected chi connectivity index (χ2v) is 8.44.